The van der Waals surface area contributed by atoms with Crippen molar-refractivity contribution in [1.29, 1.82) is 0 Å². The van der Waals surface area contributed by atoms with Gasteiger partial charge in [0.15, 0.2) is 0 Å². The highest BCUT2D eigenvalue weighted by molar-refractivity contribution is 5.69. The summed E-state index contributed by atoms with van der Waals surface area (Å²) in [5, 5.41) is 0. The van der Waals surface area contributed by atoms with Gasteiger partial charge in [-0.15, -0.1) is 0 Å². The van der Waals surface area contributed by atoms with Crippen LogP contribution in [0, 0.1) is 0 Å². The smallest absolute Gasteiger partial charge is 0.308 e. The Morgan fingerprint density at radius 1 is 1.67 bits per heavy atom. The molecule has 0 amide bonds. The van der Waals surface area contributed by atoms with Crippen LogP contribution in [0.15, 0.2) is 0 Å². The lowest BCUT2D eigenvalue weighted by Gasteiger charge is -2.21. The van der Waals surface area contributed by atoms with Crippen LogP contribution in [0.3, 0.4) is 0 Å². The summed E-state index contributed by atoms with van der Waals surface area (Å²) in [7, 11) is 0. The van der Waals surface area contributed by atoms with Crippen molar-refractivity contribution in [3.8, 4) is 0 Å². The number of esters is 1. The van der Waals surface area contributed by atoms with E-state index in [1.54, 1.807) is 6.92 Å². The molecule has 0 saturated carbocycles. The lowest BCUT2D eigenvalue weighted by molar-refractivity contribution is -0.161. The molecule has 1 fully saturated rings. The second-order valence-electron chi connectivity index (χ2n) is 2.61. The number of hydrogen-bond acceptors (Lipinski definition) is 4. The van der Waals surface area contributed by atoms with E-state index in [0.717, 1.165) is 6.42 Å². The predicted molar refractivity (Wildman–Crippen MR) is 41.6 cm³/mol. The van der Waals surface area contributed by atoms with Gasteiger partial charge in [-0.1, -0.05) is 0 Å². The van der Waals surface area contributed by atoms with Crippen LogP contribution in [0.4, 0.5) is 0 Å². The van der Waals surface area contributed by atoms with E-state index in [2.05, 4.69) is 0 Å². The molecule has 1 atom stereocenters. The molecule has 1 aliphatic heterocycles. The highest BCUT2D eigenvalue weighted by Gasteiger charge is 2.18. The largest absolute Gasteiger partial charge is 0.466 e. The van der Waals surface area contributed by atoms with Crippen LogP contribution < -0.4 is 0 Å². The molecule has 0 aromatic carbocycles. The Morgan fingerprint density at radius 2 is 2.50 bits per heavy atom. The lowest BCUT2D eigenvalue weighted by atomic mass is 10.2. The Labute approximate surface area is 71.8 Å². The van der Waals surface area contributed by atoms with Crippen molar-refractivity contribution in [3.63, 3.8) is 0 Å². The van der Waals surface area contributed by atoms with E-state index < -0.39 is 0 Å². The van der Waals surface area contributed by atoms with E-state index in [-0.39, 0.29) is 12.1 Å². The normalized spacial score (nSPS) is 23.6. The Balaban J connectivity index is 2.15. The number of carbonyl (C=O) groups is 1. The fraction of sp³-hybridized carbons (Fsp3) is 0.875. The van der Waals surface area contributed by atoms with Gasteiger partial charge in [-0.05, 0) is 13.3 Å². The summed E-state index contributed by atoms with van der Waals surface area (Å²) in [6.07, 6.45) is 1.11. The molecule has 0 aliphatic carbocycles. The van der Waals surface area contributed by atoms with Gasteiger partial charge in [0.1, 0.15) is 6.79 Å². The molecule has 1 aliphatic rings. The highest BCUT2D eigenvalue weighted by atomic mass is 16.7. The maximum Gasteiger partial charge on any atom is 0.308 e. The fourth-order valence-electron chi connectivity index (χ4n) is 1.07. The molecule has 1 unspecified atom stereocenters. The van der Waals surface area contributed by atoms with Crippen LogP contribution >= 0.6 is 0 Å². The van der Waals surface area contributed by atoms with E-state index >= 15 is 0 Å². The van der Waals surface area contributed by atoms with Gasteiger partial charge in [-0.2, -0.15) is 0 Å². The maximum absolute atomic E-state index is 11.0. The van der Waals surface area contributed by atoms with Gasteiger partial charge in [0.25, 0.3) is 0 Å². The Kier molecular flexibility index (Phi) is 4.04. The van der Waals surface area contributed by atoms with Crippen molar-refractivity contribution in [2.24, 2.45) is 0 Å². The summed E-state index contributed by atoms with van der Waals surface area (Å²) in [5.41, 5.74) is 0. The van der Waals surface area contributed by atoms with Crippen molar-refractivity contribution in [3.05, 3.63) is 0 Å². The molecule has 4 nitrogen and oxygen atoms in total. The predicted octanol–water partition coefficient (Wildman–Crippen LogP) is 0.703. The van der Waals surface area contributed by atoms with Crippen molar-refractivity contribution in [2.45, 2.75) is 25.9 Å². The monoisotopic (exact) mass is 174 g/mol. The Hall–Kier alpha value is -0.610. The molecule has 0 radical (unpaired) electrons. The highest BCUT2D eigenvalue weighted by Crippen LogP contribution is 2.10. The van der Waals surface area contributed by atoms with Gasteiger partial charge in [0, 0.05) is 0 Å². The minimum absolute atomic E-state index is 0.0159. The first kappa shape index (κ1) is 9.48. The summed E-state index contributed by atoms with van der Waals surface area (Å²) in [6, 6.07) is 0. The molecule has 1 heterocycles. The van der Waals surface area contributed by atoms with Gasteiger partial charge in [-0.3, -0.25) is 4.79 Å². The molecule has 0 aromatic heterocycles. The zero-order valence-electron chi connectivity index (χ0n) is 7.25. The third kappa shape index (κ3) is 3.19. The zero-order valence-corrected chi connectivity index (χ0v) is 7.25. The molecular formula is C8H14O4. The third-order valence-electron chi connectivity index (χ3n) is 1.67. The van der Waals surface area contributed by atoms with Crippen LogP contribution in [-0.2, 0) is 19.0 Å². The lowest BCUT2D eigenvalue weighted by Crippen LogP contribution is -2.26. The maximum atomic E-state index is 11.0. The molecule has 70 valence electrons. The van der Waals surface area contributed by atoms with E-state index in [1.807, 2.05) is 0 Å². The molecule has 1 rings (SSSR count). The van der Waals surface area contributed by atoms with E-state index in [9.17, 15) is 4.79 Å². The first-order chi connectivity index (χ1) is 5.83. The zero-order chi connectivity index (χ0) is 8.81. The van der Waals surface area contributed by atoms with Crippen molar-refractivity contribution in [2.75, 3.05) is 20.0 Å². The molecular weight excluding hydrogens is 160 g/mol. The van der Waals surface area contributed by atoms with Crippen LogP contribution in [-0.4, -0.2) is 32.1 Å². The molecule has 0 aromatic rings. The van der Waals surface area contributed by atoms with Gasteiger partial charge < -0.3 is 14.2 Å². The van der Waals surface area contributed by atoms with Crippen LogP contribution in [0.2, 0.25) is 0 Å². The van der Waals surface area contributed by atoms with E-state index in [0.29, 0.717) is 26.4 Å². The van der Waals surface area contributed by atoms with E-state index in [4.69, 9.17) is 14.2 Å². The fourth-order valence-corrected chi connectivity index (χ4v) is 1.07. The van der Waals surface area contributed by atoms with E-state index in [1.165, 1.54) is 0 Å². The number of rotatable bonds is 3. The quantitative estimate of drug-likeness (QED) is 0.591. The number of ether oxygens (including phenoxy) is 3. The molecule has 0 spiro atoms. The third-order valence-corrected chi connectivity index (χ3v) is 1.67. The Bertz CT molecular complexity index is 140. The molecule has 4 heteroatoms. The second kappa shape index (κ2) is 5.11. The SMILES string of the molecule is CCOC(=O)CC1CCOCO1. The molecule has 0 N–H and O–H groups in total. The average Bonchev–Trinajstić information content (AvgIpc) is 2.06. The number of hydrogen-bond donors (Lipinski definition) is 0. The molecule has 1 saturated heterocycles. The first-order valence-electron chi connectivity index (χ1n) is 4.18. The summed E-state index contributed by atoms with van der Waals surface area (Å²) in [4.78, 5) is 11.0. The molecule has 0 bridgehead atoms. The van der Waals surface area contributed by atoms with Crippen molar-refractivity contribution >= 4 is 5.97 Å². The van der Waals surface area contributed by atoms with Gasteiger partial charge >= 0.3 is 5.97 Å². The minimum Gasteiger partial charge on any atom is -0.466 e. The number of carbonyl (C=O) groups excluding carboxylic acids is 1. The standard InChI is InChI=1S/C8H14O4/c1-2-11-8(9)5-7-3-4-10-6-12-7/h7H,2-6H2,1H3. The minimum atomic E-state index is -0.190. The summed E-state index contributed by atoms with van der Waals surface area (Å²) < 4.78 is 14.9. The first-order valence-corrected chi connectivity index (χ1v) is 4.18. The topological polar surface area (TPSA) is 44.8 Å². The van der Waals surface area contributed by atoms with Crippen molar-refractivity contribution < 1.29 is 19.0 Å². The van der Waals surface area contributed by atoms with Crippen LogP contribution in [0.25, 0.3) is 0 Å². The van der Waals surface area contributed by atoms with Gasteiger partial charge in [-0.25, -0.2) is 0 Å². The summed E-state index contributed by atoms with van der Waals surface area (Å²) in [5.74, 6) is -0.190. The van der Waals surface area contributed by atoms with Crippen LogP contribution in [0.1, 0.15) is 19.8 Å². The van der Waals surface area contributed by atoms with Crippen molar-refractivity contribution in [1.82, 2.24) is 0 Å². The summed E-state index contributed by atoms with van der Waals surface area (Å²) in [6.45, 7) is 3.19. The average molecular weight is 174 g/mol. The van der Waals surface area contributed by atoms with Crippen LogP contribution in [0.5, 0.6) is 0 Å². The molecule has 12 heavy (non-hydrogen) atoms. The Morgan fingerprint density at radius 3 is 3.08 bits per heavy atom. The van der Waals surface area contributed by atoms with Gasteiger partial charge in [0.05, 0.1) is 25.7 Å². The second-order valence-corrected chi connectivity index (χ2v) is 2.61. The summed E-state index contributed by atoms with van der Waals surface area (Å²) >= 11 is 0. The van der Waals surface area contributed by atoms with Gasteiger partial charge in [0.2, 0.25) is 0 Å².